The van der Waals surface area contributed by atoms with E-state index >= 15 is 0 Å². The number of hydrogen-bond donors (Lipinski definition) is 3. The van der Waals surface area contributed by atoms with E-state index < -0.39 is 20.7 Å². The summed E-state index contributed by atoms with van der Waals surface area (Å²) >= 11 is 5.75. The second kappa shape index (κ2) is 5.09. The number of nitrogens with two attached hydrogens (primary N) is 1. The first-order valence-corrected chi connectivity index (χ1v) is 6.48. The van der Waals surface area contributed by atoms with Crippen molar-refractivity contribution in [1.82, 2.24) is 4.31 Å². The number of aliphatic hydroxyl groups excluding tert-OH is 1. The number of benzene rings is 1. The number of phenols is 1. The maximum atomic E-state index is 12.0. The van der Waals surface area contributed by atoms with E-state index in [9.17, 15) is 13.5 Å². The molecule has 1 rings (SSSR count). The number of nitrogens with zero attached hydrogens (tertiary/aromatic N) is 1. The van der Waals surface area contributed by atoms with Gasteiger partial charge in [-0.25, -0.2) is 8.42 Å². The Morgan fingerprint density at radius 1 is 1.47 bits per heavy atom. The lowest BCUT2D eigenvalue weighted by molar-refractivity contribution is 0.266. The Morgan fingerprint density at radius 3 is 2.59 bits per heavy atom. The molecule has 0 saturated carbocycles. The molecule has 8 heteroatoms. The molecule has 0 saturated heterocycles. The molecule has 0 heterocycles. The Hall–Kier alpha value is -1.02. The van der Waals surface area contributed by atoms with E-state index in [2.05, 4.69) is 0 Å². The third kappa shape index (κ3) is 2.63. The maximum Gasteiger partial charge on any atom is 0.248 e. The zero-order valence-electron chi connectivity index (χ0n) is 9.09. The van der Waals surface area contributed by atoms with Gasteiger partial charge in [0.1, 0.15) is 4.90 Å². The summed E-state index contributed by atoms with van der Waals surface area (Å²) in [5, 5.41) is 18.2. The summed E-state index contributed by atoms with van der Waals surface area (Å²) in [6.07, 6.45) is 0. The Balaban J connectivity index is 3.38. The molecular formula is C9H13ClN2O4S. The highest BCUT2D eigenvalue weighted by Gasteiger charge is 2.27. The molecule has 0 bridgehead atoms. The second-order valence-electron chi connectivity index (χ2n) is 3.36. The number of sulfonamides is 1. The number of aliphatic hydroxyl groups is 1. The standard InChI is InChI=1S/C9H13ClN2O4S/c1-12(4-5-13)17(15,16)9-6(10)2-3-7(11)8(9)14/h2-3,13-14H,4-5,11H2,1H3. The van der Waals surface area contributed by atoms with Gasteiger partial charge < -0.3 is 15.9 Å². The number of halogens is 1. The molecule has 0 fully saturated rings. The third-order valence-electron chi connectivity index (χ3n) is 2.20. The van der Waals surface area contributed by atoms with Crippen LogP contribution in [0.5, 0.6) is 5.75 Å². The predicted molar refractivity (Wildman–Crippen MR) is 64.4 cm³/mol. The lowest BCUT2D eigenvalue weighted by atomic mass is 10.3. The molecule has 0 atom stereocenters. The summed E-state index contributed by atoms with van der Waals surface area (Å²) in [6, 6.07) is 2.60. The highest BCUT2D eigenvalue weighted by atomic mass is 35.5. The van der Waals surface area contributed by atoms with Crippen LogP contribution < -0.4 is 5.73 Å². The first-order chi connectivity index (χ1) is 7.82. The van der Waals surface area contributed by atoms with Crippen molar-refractivity contribution in [3.63, 3.8) is 0 Å². The van der Waals surface area contributed by atoms with Crippen LogP contribution in [0.25, 0.3) is 0 Å². The fourth-order valence-electron chi connectivity index (χ4n) is 1.22. The summed E-state index contributed by atoms with van der Waals surface area (Å²) in [4.78, 5) is -0.449. The van der Waals surface area contributed by atoms with E-state index in [-0.39, 0.29) is 23.9 Å². The van der Waals surface area contributed by atoms with E-state index in [1.54, 1.807) is 0 Å². The lowest BCUT2D eigenvalue weighted by Gasteiger charge is -2.18. The summed E-state index contributed by atoms with van der Waals surface area (Å²) in [5.41, 5.74) is 5.34. The quantitative estimate of drug-likeness (QED) is 0.541. The van der Waals surface area contributed by atoms with Gasteiger partial charge in [-0.3, -0.25) is 0 Å². The predicted octanol–water partition coefficient (Wildman–Crippen LogP) is 0.241. The van der Waals surface area contributed by atoms with Crippen LogP contribution in [0.3, 0.4) is 0 Å². The van der Waals surface area contributed by atoms with E-state index in [0.29, 0.717) is 0 Å². The van der Waals surface area contributed by atoms with E-state index in [1.807, 2.05) is 0 Å². The van der Waals surface area contributed by atoms with Gasteiger partial charge in [-0.05, 0) is 12.1 Å². The molecule has 0 radical (unpaired) electrons. The van der Waals surface area contributed by atoms with Crippen molar-refractivity contribution >= 4 is 27.3 Å². The third-order valence-corrected chi connectivity index (χ3v) is 4.56. The summed E-state index contributed by atoms with van der Waals surface area (Å²) in [7, 11) is -2.71. The van der Waals surface area contributed by atoms with Gasteiger partial charge in [0.2, 0.25) is 10.0 Å². The van der Waals surface area contributed by atoms with Crippen LogP contribution in [0, 0.1) is 0 Å². The van der Waals surface area contributed by atoms with Crippen molar-refractivity contribution in [2.75, 3.05) is 25.9 Å². The van der Waals surface area contributed by atoms with Crippen LogP contribution in [0.15, 0.2) is 17.0 Å². The average molecular weight is 281 g/mol. The molecule has 96 valence electrons. The minimum Gasteiger partial charge on any atom is -0.504 e. The van der Waals surface area contributed by atoms with E-state index in [4.69, 9.17) is 22.4 Å². The molecule has 1 aromatic carbocycles. The van der Waals surface area contributed by atoms with Crippen LogP contribution in [-0.4, -0.2) is 43.1 Å². The van der Waals surface area contributed by atoms with Crippen molar-refractivity contribution in [1.29, 1.82) is 0 Å². The van der Waals surface area contributed by atoms with Gasteiger partial charge in [-0.2, -0.15) is 4.31 Å². The Morgan fingerprint density at radius 2 is 2.06 bits per heavy atom. The molecule has 0 spiro atoms. The van der Waals surface area contributed by atoms with Gasteiger partial charge in [0.15, 0.2) is 5.75 Å². The fraction of sp³-hybridized carbons (Fsp3) is 0.333. The number of nitrogen functional groups attached to an aromatic ring is 1. The van der Waals surface area contributed by atoms with Crippen LogP contribution in [0.2, 0.25) is 5.02 Å². The van der Waals surface area contributed by atoms with Crippen LogP contribution in [0.1, 0.15) is 0 Å². The molecule has 0 aromatic heterocycles. The minimum atomic E-state index is -3.97. The van der Waals surface area contributed by atoms with Gasteiger partial charge in [0.25, 0.3) is 0 Å². The van der Waals surface area contributed by atoms with Gasteiger partial charge in [0, 0.05) is 13.6 Å². The molecular weight excluding hydrogens is 268 g/mol. The molecule has 0 aliphatic heterocycles. The topological polar surface area (TPSA) is 104 Å². The van der Waals surface area contributed by atoms with Gasteiger partial charge >= 0.3 is 0 Å². The highest BCUT2D eigenvalue weighted by molar-refractivity contribution is 7.89. The summed E-state index contributed by atoms with van der Waals surface area (Å²) in [5.74, 6) is -0.581. The normalized spacial score (nSPS) is 12.0. The number of phenolic OH excluding ortho intramolecular Hbond substituents is 1. The first kappa shape index (κ1) is 14.0. The van der Waals surface area contributed by atoms with Gasteiger partial charge in [-0.1, -0.05) is 11.6 Å². The average Bonchev–Trinajstić information content (AvgIpc) is 2.24. The Labute approximate surface area is 104 Å². The first-order valence-electron chi connectivity index (χ1n) is 4.66. The second-order valence-corrected chi connectivity index (χ2v) is 5.75. The maximum absolute atomic E-state index is 12.0. The van der Waals surface area contributed by atoms with Crippen LogP contribution >= 0.6 is 11.6 Å². The number of likely N-dealkylation sites (N-methyl/N-ethyl adjacent to an activating group) is 1. The smallest absolute Gasteiger partial charge is 0.248 e. The van der Waals surface area contributed by atoms with Gasteiger partial charge in [-0.15, -0.1) is 0 Å². The largest absolute Gasteiger partial charge is 0.504 e. The molecule has 1 aromatic rings. The fourth-order valence-corrected chi connectivity index (χ4v) is 2.98. The van der Waals surface area contributed by atoms with E-state index in [1.165, 1.54) is 19.2 Å². The van der Waals surface area contributed by atoms with Crippen molar-refractivity contribution < 1.29 is 18.6 Å². The molecule has 0 aliphatic carbocycles. The van der Waals surface area contributed by atoms with Crippen LogP contribution in [0.4, 0.5) is 5.69 Å². The summed E-state index contributed by atoms with van der Waals surface area (Å²) in [6.45, 7) is -0.441. The summed E-state index contributed by atoms with van der Waals surface area (Å²) < 4.78 is 24.9. The van der Waals surface area contributed by atoms with Crippen molar-refractivity contribution in [3.05, 3.63) is 17.2 Å². The molecule has 4 N–H and O–H groups in total. The Bertz CT molecular complexity index is 518. The molecule has 0 amide bonds. The molecule has 6 nitrogen and oxygen atoms in total. The zero-order valence-corrected chi connectivity index (χ0v) is 10.7. The molecule has 0 aliphatic rings. The van der Waals surface area contributed by atoms with Crippen molar-refractivity contribution in [2.24, 2.45) is 0 Å². The van der Waals surface area contributed by atoms with E-state index in [0.717, 1.165) is 4.31 Å². The highest BCUT2D eigenvalue weighted by Crippen LogP contribution is 2.36. The zero-order chi connectivity index (χ0) is 13.2. The molecule has 17 heavy (non-hydrogen) atoms. The lowest BCUT2D eigenvalue weighted by Crippen LogP contribution is -2.30. The Kier molecular flexibility index (Phi) is 4.21. The SMILES string of the molecule is CN(CCO)S(=O)(=O)c1c(Cl)ccc(N)c1O. The number of anilines is 1. The minimum absolute atomic E-state index is 0.0784. The monoisotopic (exact) mass is 280 g/mol. The molecule has 0 unspecified atom stereocenters. The number of aromatic hydroxyl groups is 1. The number of rotatable bonds is 4. The van der Waals surface area contributed by atoms with Crippen molar-refractivity contribution in [2.45, 2.75) is 4.90 Å². The van der Waals surface area contributed by atoms with Gasteiger partial charge in [0.05, 0.1) is 17.3 Å². The number of hydrogen-bond acceptors (Lipinski definition) is 5. The van der Waals surface area contributed by atoms with Crippen LogP contribution in [-0.2, 0) is 10.0 Å². The van der Waals surface area contributed by atoms with Crippen molar-refractivity contribution in [3.8, 4) is 5.75 Å².